The fraction of sp³-hybridized carbons (Fsp3) is 0.762. The predicted molar refractivity (Wildman–Crippen MR) is 160 cm³/mol. The second-order valence-corrected chi connectivity index (χ2v) is 45.8. The van der Waals surface area contributed by atoms with Gasteiger partial charge in [-0.05, 0) is 0 Å². The van der Waals surface area contributed by atoms with Crippen LogP contribution in [0.25, 0.3) is 0 Å². The molecular weight excluding hydrogens is 602 g/mol. The molecule has 0 N–H and O–H groups in total. The summed E-state index contributed by atoms with van der Waals surface area (Å²) in [6.45, 7) is 29.7. The van der Waals surface area contributed by atoms with Crippen molar-refractivity contribution >= 4 is 81.8 Å². The van der Waals surface area contributed by atoms with E-state index in [1.165, 1.54) is 0 Å². The molecule has 1 aliphatic rings. The second-order valence-electron chi connectivity index (χ2n) is 13.2. The van der Waals surface area contributed by atoms with Gasteiger partial charge in [0, 0.05) is 0 Å². The Bertz CT molecular complexity index is 758. The number of hydrogen-bond acceptors (Lipinski definition) is 4. The van der Waals surface area contributed by atoms with Gasteiger partial charge in [0.05, 0.1) is 0 Å². The van der Waals surface area contributed by atoms with Gasteiger partial charge >= 0.3 is 227 Å². The van der Waals surface area contributed by atoms with E-state index in [4.69, 9.17) is 43.6 Å². The quantitative estimate of drug-likeness (QED) is 0.223. The standard InChI is InChI=1S/C21H44Cl3GeN3OSi4/c1-30(2,3)27(31(4,5)6)25(28(32(7,8)9)33(10,11)12)17-18(19-15-13-14-16-26-19)20(29-25)21(22,23)24/h13-16,18,20H,17H2,1-12H3/t18-,20+/m0/s1. The maximum absolute atomic E-state index is 7.45. The normalized spacial score (nSPS) is 22.9. The van der Waals surface area contributed by atoms with Gasteiger partial charge in [-0.2, -0.15) is 0 Å². The Balaban J connectivity index is 2.93. The molecular formula is C21H44Cl3GeN3OSi4. The molecule has 33 heavy (non-hydrogen) atoms. The Kier molecular flexibility index (Phi) is 9.15. The van der Waals surface area contributed by atoms with Gasteiger partial charge in [-0.3, -0.25) is 0 Å². The van der Waals surface area contributed by atoms with Gasteiger partial charge in [0.25, 0.3) is 0 Å². The summed E-state index contributed by atoms with van der Waals surface area (Å²) in [4.78, 5) is 4.74. The fourth-order valence-corrected chi connectivity index (χ4v) is 66.8. The summed E-state index contributed by atoms with van der Waals surface area (Å²) in [5.74, 6) is -0.0240. The molecule has 0 saturated carbocycles. The fourth-order valence-electron chi connectivity index (χ4n) is 6.37. The van der Waals surface area contributed by atoms with E-state index in [0.29, 0.717) is 0 Å². The zero-order valence-electron chi connectivity index (χ0n) is 22.6. The number of aromatic nitrogens is 1. The number of hydrogen-bond donors (Lipinski definition) is 0. The number of rotatable bonds is 7. The summed E-state index contributed by atoms with van der Waals surface area (Å²) >= 11 is 16.6. The molecule has 2 heterocycles. The third-order valence-electron chi connectivity index (χ3n) is 5.94. The molecule has 1 fully saturated rings. The van der Waals surface area contributed by atoms with E-state index in [1.54, 1.807) is 0 Å². The summed E-state index contributed by atoms with van der Waals surface area (Å²) in [7, 11) is -7.17. The van der Waals surface area contributed by atoms with Crippen LogP contribution in [0.3, 0.4) is 0 Å². The van der Waals surface area contributed by atoms with Crippen molar-refractivity contribution in [2.45, 2.75) is 99.6 Å². The third-order valence-corrected chi connectivity index (χ3v) is 50.4. The van der Waals surface area contributed by atoms with Crippen LogP contribution in [0.4, 0.5) is 0 Å². The van der Waals surface area contributed by atoms with E-state index in [1.807, 2.05) is 18.3 Å². The average Bonchev–Trinajstić information content (AvgIpc) is 2.90. The first-order chi connectivity index (χ1) is 14.5. The first-order valence-corrected chi connectivity index (χ1v) is 30.9. The van der Waals surface area contributed by atoms with Crippen molar-refractivity contribution in [2.75, 3.05) is 0 Å². The van der Waals surface area contributed by atoms with E-state index >= 15 is 0 Å². The minimum absolute atomic E-state index is 0.0240. The molecule has 0 spiro atoms. The van der Waals surface area contributed by atoms with Crippen molar-refractivity contribution in [3.63, 3.8) is 0 Å². The molecule has 2 atom stereocenters. The molecule has 4 nitrogen and oxygen atoms in total. The SMILES string of the molecule is C[Si](C)(C)[N]([Si](C)(C)C)[Ge]1([N]([Si](C)(C)C)[Si](C)(C)C)[CH2][C@@H](c2ccccn2)[C@H](C(Cl)(Cl)Cl)[O]1. The molecule has 0 aromatic carbocycles. The van der Waals surface area contributed by atoms with Crippen LogP contribution in [0.15, 0.2) is 24.4 Å². The molecule has 2 rings (SSSR count). The first-order valence-electron chi connectivity index (χ1n) is 11.8. The van der Waals surface area contributed by atoms with E-state index in [2.05, 4.69) is 91.0 Å². The molecule has 1 aliphatic heterocycles. The number of pyridine rings is 1. The Morgan fingerprint density at radius 2 is 1.24 bits per heavy atom. The van der Waals surface area contributed by atoms with E-state index in [-0.39, 0.29) is 5.92 Å². The molecule has 0 unspecified atom stereocenters. The second kappa shape index (κ2) is 9.89. The van der Waals surface area contributed by atoms with Gasteiger partial charge in [0.2, 0.25) is 0 Å². The van der Waals surface area contributed by atoms with Gasteiger partial charge < -0.3 is 0 Å². The Hall–Kier alpha value is 1.31. The molecule has 0 radical (unpaired) electrons. The average molecular weight is 646 g/mol. The van der Waals surface area contributed by atoms with Crippen molar-refractivity contribution < 1.29 is 3.76 Å². The monoisotopic (exact) mass is 645 g/mol. The summed E-state index contributed by atoms with van der Waals surface area (Å²) < 4.78 is 11.9. The van der Waals surface area contributed by atoms with Gasteiger partial charge in [0.1, 0.15) is 0 Å². The van der Waals surface area contributed by atoms with E-state index < -0.39 is 56.9 Å². The molecule has 190 valence electrons. The van der Waals surface area contributed by atoms with Gasteiger partial charge in [-0.25, -0.2) is 0 Å². The summed E-state index contributed by atoms with van der Waals surface area (Å²) in [6, 6.07) is 6.07. The van der Waals surface area contributed by atoms with Crippen molar-refractivity contribution in [1.29, 1.82) is 0 Å². The van der Waals surface area contributed by atoms with Crippen LogP contribution in [-0.4, -0.2) is 68.2 Å². The Labute approximate surface area is 225 Å². The third kappa shape index (κ3) is 6.80. The van der Waals surface area contributed by atoms with Crippen molar-refractivity contribution in [3.8, 4) is 0 Å². The molecule has 1 aromatic heterocycles. The number of alkyl halides is 3. The summed E-state index contributed by atoms with van der Waals surface area (Å²) in [6.07, 6.45) is 1.35. The predicted octanol–water partition coefficient (Wildman–Crippen LogP) is 7.82. The van der Waals surface area contributed by atoms with E-state index in [9.17, 15) is 0 Å². The topological polar surface area (TPSA) is 28.6 Å². The Morgan fingerprint density at radius 1 is 0.818 bits per heavy atom. The molecule has 12 heteroatoms. The summed E-state index contributed by atoms with van der Waals surface area (Å²) in [5.41, 5.74) is 0.985. The van der Waals surface area contributed by atoms with Gasteiger partial charge in [0.15, 0.2) is 0 Å². The van der Waals surface area contributed by atoms with Crippen LogP contribution >= 0.6 is 34.8 Å². The molecule has 0 bridgehead atoms. The van der Waals surface area contributed by atoms with Crippen LogP contribution < -0.4 is 0 Å². The Morgan fingerprint density at radius 3 is 1.55 bits per heavy atom. The van der Waals surface area contributed by atoms with Crippen LogP contribution in [-0.2, 0) is 3.76 Å². The van der Waals surface area contributed by atoms with Crippen molar-refractivity contribution in [2.24, 2.45) is 0 Å². The maximum atomic E-state index is 7.45. The van der Waals surface area contributed by atoms with Gasteiger partial charge in [-0.1, -0.05) is 0 Å². The van der Waals surface area contributed by atoms with Crippen LogP contribution in [0, 0.1) is 0 Å². The van der Waals surface area contributed by atoms with Crippen LogP contribution in [0.5, 0.6) is 0 Å². The number of halogens is 3. The number of nitrogens with zero attached hydrogens (tertiary/aromatic N) is 3. The van der Waals surface area contributed by atoms with Crippen LogP contribution in [0.2, 0.25) is 83.8 Å². The van der Waals surface area contributed by atoms with Crippen molar-refractivity contribution in [3.05, 3.63) is 30.1 Å². The minimum atomic E-state index is -3.47. The zero-order chi connectivity index (χ0) is 25.8. The zero-order valence-corrected chi connectivity index (χ0v) is 30.9. The van der Waals surface area contributed by atoms with E-state index in [0.717, 1.165) is 10.9 Å². The summed E-state index contributed by atoms with van der Waals surface area (Å²) in [5, 5.41) is 0.943. The molecule has 0 amide bonds. The van der Waals surface area contributed by atoms with Crippen molar-refractivity contribution in [1.82, 2.24) is 11.4 Å². The molecule has 0 aliphatic carbocycles. The first kappa shape index (κ1) is 30.5. The van der Waals surface area contributed by atoms with Gasteiger partial charge in [-0.15, -0.1) is 0 Å². The molecule has 1 saturated heterocycles. The molecule has 1 aromatic rings. The van der Waals surface area contributed by atoms with Crippen LogP contribution in [0.1, 0.15) is 11.6 Å².